The lowest BCUT2D eigenvalue weighted by Gasteiger charge is -2.33. The fourth-order valence-corrected chi connectivity index (χ4v) is 5.53. The van der Waals surface area contributed by atoms with Crippen molar-refractivity contribution in [3.63, 3.8) is 0 Å². The summed E-state index contributed by atoms with van der Waals surface area (Å²) in [6.45, 7) is 1.22. The lowest BCUT2D eigenvalue weighted by atomic mass is 9.79. The van der Waals surface area contributed by atoms with Crippen LogP contribution in [0.25, 0.3) is 0 Å². The molecule has 0 aromatic carbocycles. The van der Waals surface area contributed by atoms with E-state index in [0.717, 1.165) is 30.0 Å². The molecule has 246 valence electrons. The number of aromatic nitrogens is 2. The Balaban J connectivity index is 1.55. The molecule has 2 fully saturated rings. The number of hydrogen-bond acceptors (Lipinski definition) is 7. The zero-order valence-corrected chi connectivity index (χ0v) is 24.9. The van der Waals surface area contributed by atoms with E-state index in [2.05, 4.69) is 20.6 Å². The van der Waals surface area contributed by atoms with Crippen LogP contribution in [0.15, 0.2) is 36.7 Å². The fraction of sp³-hybridized carbons (Fsp3) is 0.552. The maximum absolute atomic E-state index is 15.2. The molecule has 2 aliphatic rings. The Morgan fingerprint density at radius 3 is 2.38 bits per heavy atom. The van der Waals surface area contributed by atoms with E-state index in [9.17, 15) is 27.6 Å². The van der Waals surface area contributed by atoms with Crippen LogP contribution in [-0.4, -0.2) is 78.3 Å². The maximum Gasteiger partial charge on any atom is 0.410 e. The molecule has 2 aromatic heterocycles. The quantitative estimate of drug-likeness (QED) is 0.313. The van der Waals surface area contributed by atoms with Gasteiger partial charge in [0.1, 0.15) is 17.9 Å². The predicted molar refractivity (Wildman–Crippen MR) is 150 cm³/mol. The van der Waals surface area contributed by atoms with Crippen LogP contribution >= 0.6 is 0 Å². The van der Waals surface area contributed by atoms with Crippen LogP contribution in [0.4, 0.5) is 32.6 Å². The van der Waals surface area contributed by atoms with Crippen molar-refractivity contribution in [3.8, 4) is 5.88 Å². The van der Waals surface area contributed by atoms with Gasteiger partial charge in [-0.2, -0.15) is 22.0 Å². The molecule has 3 heterocycles. The number of halogens is 5. The first kappa shape index (κ1) is 33.8. The van der Waals surface area contributed by atoms with Crippen molar-refractivity contribution in [2.24, 2.45) is 11.8 Å². The lowest BCUT2D eigenvalue weighted by Crippen LogP contribution is -2.53. The monoisotopic (exact) mass is 642 g/mol. The molecule has 0 radical (unpaired) electrons. The van der Waals surface area contributed by atoms with Gasteiger partial charge in [-0.05, 0) is 48.4 Å². The average molecular weight is 643 g/mol. The van der Waals surface area contributed by atoms with Crippen molar-refractivity contribution in [2.75, 3.05) is 32.7 Å². The highest BCUT2D eigenvalue weighted by Crippen LogP contribution is 2.34. The molecule has 16 heteroatoms. The standard InChI is InChI=1S/C29H35F5N6O5/c1-16-4-6-17(7-5-16)24(39-26(42)28(30,31)19-8-9-23(45-3)36-13-19)25(41)38-22-12-18(10-11-35-22)20(15-44-2)40-14-21(29(32,33)34)37-27(40)43/h8-13,16-17,20-21,24H,4-7,14-15H2,1-3H3,(H,37,43)(H,39,42)(H,35,38,41)/t16?,17?,20-,21+,24+/m1/s1. The Morgan fingerprint density at radius 2 is 1.80 bits per heavy atom. The van der Waals surface area contributed by atoms with Gasteiger partial charge in [0, 0.05) is 31.1 Å². The molecule has 2 aromatic rings. The van der Waals surface area contributed by atoms with Crippen LogP contribution in [0.1, 0.15) is 49.8 Å². The molecule has 4 amide bonds. The number of alkyl halides is 5. The Labute approximate surface area is 256 Å². The third-order valence-electron chi connectivity index (χ3n) is 8.15. The second kappa shape index (κ2) is 13.9. The summed E-state index contributed by atoms with van der Waals surface area (Å²) in [5.74, 6) is -6.56. The summed E-state index contributed by atoms with van der Waals surface area (Å²) in [6, 6.07) is -0.315. The Kier molecular flexibility index (Phi) is 10.5. The summed E-state index contributed by atoms with van der Waals surface area (Å²) in [6.07, 6.45) is -0.0933. The highest BCUT2D eigenvalue weighted by molar-refractivity contribution is 5.98. The average Bonchev–Trinajstić information content (AvgIpc) is 3.40. The van der Waals surface area contributed by atoms with Gasteiger partial charge in [-0.25, -0.2) is 14.8 Å². The van der Waals surface area contributed by atoms with Gasteiger partial charge in [0.2, 0.25) is 11.8 Å². The van der Waals surface area contributed by atoms with E-state index in [4.69, 9.17) is 9.47 Å². The van der Waals surface area contributed by atoms with Crippen LogP contribution in [0, 0.1) is 11.8 Å². The number of pyridine rings is 2. The Hall–Kier alpha value is -4.08. The van der Waals surface area contributed by atoms with Crippen molar-refractivity contribution in [1.82, 2.24) is 25.5 Å². The summed E-state index contributed by atoms with van der Waals surface area (Å²) >= 11 is 0. The lowest BCUT2D eigenvalue weighted by molar-refractivity contribution is -0.150. The van der Waals surface area contributed by atoms with Gasteiger partial charge < -0.3 is 30.3 Å². The molecule has 1 aliphatic heterocycles. The largest absolute Gasteiger partial charge is 0.481 e. The predicted octanol–water partition coefficient (Wildman–Crippen LogP) is 4.17. The van der Waals surface area contributed by atoms with E-state index >= 15 is 8.78 Å². The minimum atomic E-state index is -4.66. The third kappa shape index (κ3) is 7.96. The summed E-state index contributed by atoms with van der Waals surface area (Å²) < 4.78 is 80.3. The van der Waals surface area contributed by atoms with Crippen molar-refractivity contribution < 1.29 is 45.8 Å². The molecular weight excluding hydrogens is 607 g/mol. The van der Waals surface area contributed by atoms with E-state index in [-0.39, 0.29) is 18.3 Å². The summed E-state index contributed by atoms with van der Waals surface area (Å²) in [5.41, 5.74) is -0.375. The molecule has 1 saturated heterocycles. The molecule has 0 bridgehead atoms. The van der Waals surface area contributed by atoms with Crippen molar-refractivity contribution in [3.05, 3.63) is 47.8 Å². The number of methoxy groups -OCH3 is 2. The molecule has 0 spiro atoms. The fourth-order valence-electron chi connectivity index (χ4n) is 5.53. The smallest absolute Gasteiger partial charge is 0.410 e. The molecule has 1 aliphatic carbocycles. The normalized spacial score (nSPS) is 21.9. The van der Waals surface area contributed by atoms with E-state index in [1.807, 2.05) is 12.2 Å². The van der Waals surface area contributed by atoms with Gasteiger partial charge in [0.05, 0.1) is 26.3 Å². The zero-order valence-electron chi connectivity index (χ0n) is 24.9. The Bertz CT molecular complexity index is 1350. The van der Waals surface area contributed by atoms with Crippen LogP contribution in [0.2, 0.25) is 0 Å². The number of rotatable bonds is 11. The second-order valence-corrected chi connectivity index (χ2v) is 11.3. The van der Waals surface area contributed by atoms with E-state index < -0.39 is 66.1 Å². The maximum atomic E-state index is 15.2. The van der Waals surface area contributed by atoms with Crippen LogP contribution in [-0.2, 0) is 20.2 Å². The zero-order chi connectivity index (χ0) is 32.9. The van der Waals surface area contributed by atoms with E-state index in [1.54, 1.807) is 0 Å². The van der Waals surface area contributed by atoms with Crippen molar-refractivity contribution >= 4 is 23.7 Å². The molecule has 4 rings (SSSR count). The molecule has 0 unspecified atom stereocenters. The molecule has 3 atom stereocenters. The minimum absolute atomic E-state index is 0.0554. The van der Waals surface area contributed by atoms with Gasteiger partial charge in [0.15, 0.2) is 0 Å². The number of amides is 4. The topological polar surface area (TPSA) is 135 Å². The summed E-state index contributed by atoms with van der Waals surface area (Å²) in [7, 11) is 2.64. The van der Waals surface area contributed by atoms with Gasteiger partial charge in [-0.1, -0.05) is 19.8 Å². The van der Waals surface area contributed by atoms with Crippen LogP contribution < -0.4 is 20.7 Å². The van der Waals surface area contributed by atoms with Crippen molar-refractivity contribution in [2.45, 2.75) is 62.8 Å². The minimum Gasteiger partial charge on any atom is -0.481 e. The van der Waals surface area contributed by atoms with Crippen LogP contribution in [0.5, 0.6) is 5.88 Å². The second-order valence-electron chi connectivity index (χ2n) is 11.3. The van der Waals surface area contributed by atoms with E-state index in [1.165, 1.54) is 38.6 Å². The molecule has 45 heavy (non-hydrogen) atoms. The van der Waals surface area contributed by atoms with Crippen molar-refractivity contribution in [1.29, 1.82) is 0 Å². The molecule has 11 nitrogen and oxygen atoms in total. The summed E-state index contributed by atoms with van der Waals surface area (Å²) in [5, 5.41) is 6.71. The number of anilines is 1. The van der Waals surface area contributed by atoms with Gasteiger partial charge in [0.25, 0.3) is 5.91 Å². The number of nitrogens with zero attached hydrogens (tertiary/aromatic N) is 3. The number of ether oxygens (including phenoxy) is 2. The van der Waals surface area contributed by atoms with Crippen LogP contribution in [0.3, 0.4) is 0 Å². The highest BCUT2D eigenvalue weighted by Gasteiger charge is 2.49. The molecule has 1 saturated carbocycles. The number of hydrogen-bond donors (Lipinski definition) is 3. The van der Waals surface area contributed by atoms with Gasteiger partial charge >= 0.3 is 18.1 Å². The highest BCUT2D eigenvalue weighted by atomic mass is 19.4. The Morgan fingerprint density at radius 1 is 1.09 bits per heavy atom. The first-order chi connectivity index (χ1) is 21.2. The SMILES string of the molecule is COC[C@H](c1ccnc(NC(=O)[C@@H](NC(=O)C(F)(F)c2ccc(OC)nc2)C2CCC(C)CC2)c1)N1C[C@@H](C(F)(F)F)NC1=O. The molecular formula is C29H35F5N6O5. The number of nitrogens with one attached hydrogen (secondary N) is 3. The summed E-state index contributed by atoms with van der Waals surface area (Å²) in [4.78, 5) is 47.8. The first-order valence-electron chi connectivity index (χ1n) is 14.3. The number of carbonyl (C=O) groups excluding carboxylic acids is 3. The van der Waals surface area contributed by atoms with Gasteiger partial charge in [-0.15, -0.1) is 0 Å². The number of carbonyl (C=O) groups is 3. The third-order valence-corrected chi connectivity index (χ3v) is 8.15. The molecule has 3 N–H and O–H groups in total. The first-order valence-corrected chi connectivity index (χ1v) is 14.3. The number of urea groups is 1. The van der Waals surface area contributed by atoms with Gasteiger partial charge in [-0.3, -0.25) is 9.59 Å². The van der Waals surface area contributed by atoms with E-state index in [0.29, 0.717) is 24.3 Å².